The lowest BCUT2D eigenvalue weighted by Gasteiger charge is -1.91. The van der Waals surface area contributed by atoms with Gasteiger partial charge in [0.25, 0.3) is 0 Å². The van der Waals surface area contributed by atoms with Crippen molar-refractivity contribution >= 4 is 11.9 Å². The third-order valence-electron chi connectivity index (χ3n) is 0.949. The number of amides is 1. The lowest BCUT2D eigenvalue weighted by molar-refractivity contribution is 0.209. The Kier molecular flexibility index (Phi) is 1.57. The van der Waals surface area contributed by atoms with E-state index < -0.39 is 6.09 Å². The summed E-state index contributed by atoms with van der Waals surface area (Å²) in [6.45, 7) is 0. The van der Waals surface area contributed by atoms with Crippen LogP contribution in [0.3, 0.4) is 0 Å². The molecule has 0 radical (unpaired) electrons. The van der Waals surface area contributed by atoms with Crippen molar-refractivity contribution in [3.8, 4) is 0 Å². The van der Waals surface area contributed by atoms with Crippen molar-refractivity contribution in [2.45, 2.75) is 0 Å². The molecule has 0 aliphatic rings. The highest BCUT2D eigenvalue weighted by atomic mass is 16.4. The Hall–Kier alpha value is -1.52. The lowest BCUT2D eigenvalue weighted by atomic mass is 10.6. The standard InChI is InChI=1S/C5H7N3O2/c1-8-3-2-4(7-8)6-5(9)10/h2-3H,1H3,(H,6,7)(H,9,10). The molecule has 5 nitrogen and oxygen atoms in total. The Morgan fingerprint density at radius 2 is 2.60 bits per heavy atom. The third kappa shape index (κ3) is 1.48. The summed E-state index contributed by atoms with van der Waals surface area (Å²) in [6.07, 6.45) is 0.560. The van der Waals surface area contributed by atoms with E-state index in [1.165, 1.54) is 4.68 Å². The fraction of sp³-hybridized carbons (Fsp3) is 0.200. The normalized spacial score (nSPS) is 9.30. The van der Waals surface area contributed by atoms with Gasteiger partial charge in [-0.2, -0.15) is 5.10 Å². The first-order valence-electron chi connectivity index (χ1n) is 2.68. The van der Waals surface area contributed by atoms with E-state index in [1.807, 2.05) is 0 Å². The van der Waals surface area contributed by atoms with E-state index in [-0.39, 0.29) is 0 Å². The SMILES string of the molecule is Cn1ccc(NC(=O)O)n1. The molecule has 0 fully saturated rings. The zero-order valence-electron chi connectivity index (χ0n) is 5.40. The van der Waals surface area contributed by atoms with E-state index in [4.69, 9.17) is 5.11 Å². The fourth-order valence-electron chi connectivity index (χ4n) is 0.591. The highest BCUT2D eigenvalue weighted by molar-refractivity contribution is 5.81. The maximum atomic E-state index is 10.0. The number of hydrogen-bond acceptors (Lipinski definition) is 2. The van der Waals surface area contributed by atoms with Crippen LogP contribution in [0.25, 0.3) is 0 Å². The van der Waals surface area contributed by atoms with Gasteiger partial charge in [-0.05, 0) is 0 Å². The van der Waals surface area contributed by atoms with E-state index in [0.29, 0.717) is 5.82 Å². The minimum absolute atomic E-state index is 0.343. The van der Waals surface area contributed by atoms with Gasteiger partial charge in [-0.25, -0.2) is 4.79 Å². The molecule has 10 heavy (non-hydrogen) atoms. The van der Waals surface area contributed by atoms with Gasteiger partial charge in [-0.3, -0.25) is 10.00 Å². The maximum absolute atomic E-state index is 10.0. The van der Waals surface area contributed by atoms with Crippen LogP contribution in [0.15, 0.2) is 12.3 Å². The molecule has 1 rings (SSSR count). The summed E-state index contributed by atoms with van der Waals surface area (Å²) >= 11 is 0. The largest absolute Gasteiger partial charge is 0.465 e. The number of nitrogens with one attached hydrogen (secondary N) is 1. The van der Waals surface area contributed by atoms with Crippen LogP contribution in [0.5, 0.6) is 0 Å². The molecule has 0 saturated carbocycles. The Morgan fingerprint density at radius 3 is 3.00 bits per heavy atom. The number of aryl methyl sites for hydroxylation is 1. The summed E-state index contributed by atoms with van der Waals surface area (Å²) < 4.78 is 1.52. The van der Waals surface area contributed by atoms with E-state index >= 15 is 0 Å². The van der Waals surface area contributed by atoms with Crippen molar-refractivity contribution in [1.82, 2.24) is 9.78 Å². The number of anilines is 1. The second-order valence-corrected chi connectivity index (χ2v) is 1.80. The summed E-state index contributed by atoms with van der Waals surface area (Å²) in [4.78, 5) is 10.0. The fourth-order valence-corrected chi connectivity index (χ4v) is 0.591. The Labute approximate surface area is 57.3 Å². The van der Waals surface area contributed by atoms with Crippen LogP contribution in [-0.4, -0.2) is 21.0 Å². The zero-order valence-corrected chi connectivity index (χ0v) is 5.40. The van der Waals surface area contributed by atoms with Crippen molar-refractivity contribution in [2.24, 2.45) is 7.05 Å². The summed E-state index contributed by atoms with van der Waals surface area (Å²) in [5.74, 6) is 0.343. The number of nitrogens with zero attached hydrogens (tertiary/aromatic N) is 2. The average Bonchev–Trinajstić information content (AvgIpc) is 2.13. The Morgan fingerprint density at radius 1 is 1.90 bits per heavy atom. The molecule has 0 bridgehead atoms. The molecule has 0 atom stereocenters. The van der Waals surface area contributed by atoms with E-state index in [1.54, 1.807) is 19.3 Å². The highest BCUT2D eigenvalue weighted by Gasteiger charge is 1.98. The predicted molar refractivity (Wildman–Crippen MR) is 34.9 cm³/mol. The van der Waals surface area contributed by atoms with Gasteiger partial charge in [0, 0.05) is 19.3 Å². The molecule has 1 heterocycles. The number of hydrogen-bond donors (Lipinski definition) is 2. The maximum Gasteiger partial charge on any atom is 0.410 e. The van der Waals surface area contributed by atoms with Crippen molar-refractivity contribution in [3.63, 3.8) is 0 Å². The molecular formula is C5H7N3O2. The lowest BCUT2D eigenvalue weighted by Crippen LogP contribution is -2.07. The number of carboxylic acid groups (broad SMARTS) is 1. The van der Waals surface area contributed by atoms with Gasteiger partial charge in [0.2, 0.25) is 0 Å². The monoisotopic (exact) mass is 141 g/mol. The van der Waals surface area contributed by atoms with E-state index in [2.05, 4.69) is 10.4 Å². The van der Waals surface area contributed by atoms with Gasteiger partial charge < -0.3 is 5.11 Å². The Balaban J connectivity index is 2.67. The average molecular weight is 141 g/mol. The van der Waals surface area contributed by atoms with Gasteiger partial charge in [-0.15, -0.1) is 0 Å². The molecule has 0 saturated heterocycles. The van der Waals surface area contributed by atoms with E-state index in [9.17, 15) is 4.79 Å². The third-order valence-corrected chi connectivity index (χ3v) is 0.949. The highest BCUT2D eigenvalue weighted by Crippen LogP contribution is 1.99. The first-order chi connectivity index (χ1) is 4.68. The molecule has 0 spiro atoms. The second-order valence-electron chi connectivity index (χ2n) is 1.80. The molecule has 2 N–H and O–H groups in total. The molecule has 1 aromatic rings. The van der Waals surface area contributed by atoms with Crippen LogP contribution in [0.1, 0.15) is 0 Å². The first kappa shape index (κ1) is 6.60. The van der Waals surface area contributed by atoms with Gasteiger partial charge in [0.1, 0.15) is 0 Å². The predicted octanol–water partition coefficient (Wildman–Crippen LogP) is 0.510. The topological polar surface area (TPSA) is 67.2 Å². The second kappa shape index (κ2) is 2.38. The van der Waals surface area contributed by atoms with Crippen molar-refractivity contribution in [2.75, 3.05) is 5.32 Å². The quantitative estimate of drug-likeness (QED) is 0.598. The van der Waals surface area contributed by atoms with Crippen LogP contribution in [-0.2, 0) is 7.05 Å². The number of rotatable bonds is 1. The van der Waals surface area contributed by atoms with Crippen LogP contribution in [0.2, 0.25) is 0 Å². The van der Waals surface area contributed by atoms with Gasteiger partial charge in [0.15, 0.2) is 5.82 Å². The number of carbonyl (C=O) groups is 1. The van der Waals surface area contributed by atoms with Crippen LogP contribution in [0, 0.1) is 0 Å². The Bertz CT molecular complexity index is 243. The minimum atomic E-state index is -1.10. The van der Waals surface area contributed by atoms with Gasteiger partial charge in [0.05, 0.1) is 0 Å². The molecule has 1 amide bonds. The van der Waals surface area contributed by atoms with Gasteiger partial charge >= 0.3 is 6.09 Å². The van der Waals surface area contributed by atoms with Crippen molar-refractivity contribution in [3.05, 3.63) is 12.3 Å². The first-order valence-corrected chi connectivity index (χ1v) is 2.68. The molecule has 0 aliphatic carbocycles. The summed E-state index contributed by atoms with van der Waals surface area (Å²) in [7, 11) is 1.72. The zero-order chi connectivity index (χ0) is 7.56. The van der Waals surface area contributed by atoms with Crippen molar-refractivity contribution in [1.29, 1.82) is 0 Å². The summed E-state index contributed by atoms with van der Waals surface area (Å²) in [6, 6.07) is 1.58. The van der Waals surface area contributed by atoms with Gasteiger partial charge in [-0.1, -0.05) is 0 Å². The molecule has 0 aromatic carbocycles. The molecule has 5 heteroatoms. The summed E-state index contributed by atoms with van der Waals surface area (Å²) in [5, 5.41) is 14.1. The molecule has 54 valence electrons. The molecular weight excluding hydrogens is 134 g/mol. The van der Waals surface area contributed by atoms with E-state index in [0.717, 1.165) is 0 Å². The molecule has 0 unspecified atom stereocenters. The number of aromatic nitrogens is 2. The smallest absolute Gasteiger partial charge is 0.410 e. The van der Waals surface area contributed by atoms with Crippen LogP contribution in [0.4, 0.5) is 10.6 Å². The minimum Gasteiger partial charge on any atom is -0.465 e. The van der Waals surface area contributed by atoms with Crippen LogP contribution < -0.4 is 5.32 Å². The summed E-state index contributed by atoms with van der Waals surface area (Å²) in [5.41, 5.74) is 0. The van der Waals surface area contributed by atoms with Crippen molar-refractivity contribution < 1.29 is 9.90 Å². The molecule has 1 aromatic heterocycles. The van der Waals surface area contributed by atoms with Crippen LogP contribution >= 0.6 is 0 Å². The molecule has 0 aliphatic heterocycles.